The van der Waals surface area contributed by atoms with Gasteiger partial charge in [0.2, 0.25) is 0 Å². The molecule has 0 spiro atoms. The lowest BCUT2D eigenvalue weighted by Crippen LogP contribution is -2.60. The minimum atomic E-state index is -4.96. The van der Waals surface area contributed by atoms with Crippen molar-refractivity contribution in [3.8, 4) is 0 Å². The molecule has 2 N–H and O–H groups in total. The van der Waals surface area contributed by atoms with E-state index in [0.717, 1.165) is 19.3 Å². The quantitative estimate of drug-likeness (QED) is 0.519. The molecule has 5 atom stereocenters. The summed E-state index contributed by atoms with van der Waals surface area (Å²) >= 11 is 0. The third-order valence-electron chi connectivity index (χ3n) is 7.17. The first-order chi connectivity index (χ1) is 13.8. The number of nitrogens with one attached hydrogen (secondary N) is 1. The minimum Gasteiger partial charge on any atom is -0.390 e. The maximum atomic E-state index is 13.1. The number of alkyl halides is 3. The Hall–Kier alpha value is -2.43. The van der Waals surface area contributed by atoms with Gasteiger partial charge in [0.25, 0.3) is 11.4 Å². The molecule has 4 fully saturated rings. The van der Waals surface area contributed by atoms with E-state index in [9.17, 15) is 38.5 Å². The maximum Gasteiger partial charge on any atom is 0.416 e. The third-order valence-corrected chi connectivity index (χ3v) is 7.17. The van der Waals surface area contributed by atoms with E-state index in [2.05, 4.69) is 5.32 Å². The van der Waals surface area contributed by atoms with Crippen LogP contribution in [0.4, 0.5) is 30.2 Å². The summed E-state index contributed by atoms with van der Waals surface area (Å²) in [7, 11) is 0. The second kappa shape index (κ2) is 6.53. The first-order valence-electron chi connectivity index (χ1n) is 9.85. The number of nitro benzene ring substituents is 2. The normalized spacial score (nSPS) is 33.4. The van der Waals surface area contributed by atoms with Gasteiger partial charge in [-0.3, -0.25) is 20.2 Å². The zero-order valence-electron chi connectivity index (χ0n) is 16.2. The van der Waals surface area contributed by atoms with Crippen LogP contribution in [0.15, 0.2) is 12.1 Å². The highest BCUT2D eigenvalue weighted by Gasteiger charge is 2.59. The number of benzene rings is 1. The van der Waals surface area contributed by atoms with Crippen molar-refractivity contribution in [3.05, 3.63) is 37.9 Å². The Balaban J connectivity index is 1.74. The van der Waals surface area contributed by atoms with E-state index in [0.29, 0.717) is 43.2 Å². The fourth-order valence-corrected chi connectivity index (χ4v) is 6.37. The second-order valence-corrected chi connectivity index (χ2v) is 9.32. The topological polar surface area (TPSA) is 119 Å². The standard InChI is InChI=1S/C19H22F3N3O5/c1-10(17-5-11-2-12(6-17)8-18(26,7-11)9-17)23-16-14(24(27)28)3-13(19(20,21)22)4-15(16)25(29)30/h3-4,10-12,23,26H,2,5-9H2,1H3/t10?,11-,12+,17?,18?. The Morgan fingerprint density at radius 1 is 1.10 bits per heavy atom. The summed E-state index contributed by atoms with van der Waals surface area (Å²) in [5.41, 5.74) is -5.14. The van der Waals surface area contributed by atoms with E-state index < -0.39 is 55.7 Å². The molecule has 1 aromatic carbocycles. The van der Waals surface area contributed by atoms with Gasteiger partial charge in [0, 0.05) is 18.2 Å². The predicted molar refractivity (Wildman–Crippen MR) is 99.9 cm³/mol. The lowest BCUT2D eigenvalue weighted by Gasteiger charge is -2.62. The van der Waals surface area contributed by atoms with Gasteiger partial charge in [-0.25, -0.2) is 0 Å². The van der Waals surface area contributed by atoms with Crippen LogP contribution < -0.4 is 5.32 Å². The van der Waals surface area contributed by atoms with E-state index in [1.165, 1.54) is 0 Å². The molecule has 0 aromatic heterocycles. The van der Waals surface area contributed by atoms with Gasteiger partial charge >= 0.3 is 6.18 Å². The number of rotatable bonds is 5. The van der Waals surface area contributed by atoms with E-state index in [1.807, 2.05) is 0 Å². The number of anilines is 1. The average molecular weight is 429 g/mol. The molecule has 4 saturated carbocycles. The molecule has 164 valence electrons. The predicted octanol–water partition coefficient (Wildman–Crippen LogP) is 4.65. The minimum absolute atomic E-state index is 0.318. The highest BCUT2D eigenvalue weighted by molar-refractivity contribution is 5.75. The highest BCUT2D eigenvalue weighted by Crippen LogP contribution is 2.63. The van der Waals surface area contributed by atoms with Crippen molar-refractivity contribution < 1.29 is 28.1 Å². The number of halogens is 3. The summed E-state index contributed by atoms with van der Waals surface area (Å²) in [6.07, 6.45) is -0.495. The van der Waals surface area contributed by atoms with Crippen LogP contribution in [0.25, 0.3) is 0 Å². The maximum absolute atomic E-state index is 13.1. The van der Waals surface area contributed by atoms with Gasteiger partial charge in [-0.15, -0.1) is 0 Å². The van der Waals surface area contributed by atoms with Crippen LogP contribution in [-0.2, 0) is 6.18 Å². The van der Waals surface area contributed by atoms with Crippen LogP contribution in [0.3, 0.4) is 0 Å². The van der Waals surface area contributed by atoms with Crippen molar-refractivity contribution in [2.45, 2.75) is 63.3 Å². The Labute approximate surface area is 169 Å². The molecule has 5 rings (SSSR count). The molecule has 0 aliphatic heterocycles. The molecule has 0 radical (unpaired) electrons. The number of hydrogen-bond acceptors (Lipinski definition) is 6. The Morgan fingerprint density at radius 2 is 1.60 bits per heavy atom. The molecule has 0 amide bonds. The van der Waals surface area contributed by atoms with E-state index in [-0.39, 0.29) is 0 Å². The van der Waals surface area contributed by atoms with Crippen LogP contribution in [-0.4, -0.2) is 26.6 Å². The first kappa shape index (κ1) is 20.8. The number of aliphatic hydroxyl groups is 1. The van der Waals surface area contributed by atoms with Gasteiger partial charge in [0.1, 0.15) is 0 Å². The molecular weight excluding hydrogens is 407 g/mol. The Morgan fingerprint density at radius 3 is 2.00 bits per heavy atom. The molecule has 8 nitrogen and oxygen atoms in total. The molecular formula is C19H22F3N3O5. The van der Waals surface area contributed by atoms with Gasteiger partial charge < -0.3 is 10.4 Å². The molecule has 4 aliphatic carbocycles. The van der Waals surface area contributed by atoms with Crippen LogP contribution in [0.5, 0.6) is 0 Å². The van der Waals surface area contributed by atoms with E-state index in [1.54, 1.807) is 6.92 Å². The summed E-state index contributed by atoms with van der Waals surface area (Å²) in [5.74, 6) is 0.635. The zero-order chi connectivity index (χ0) is 22.1. The molecule has 4 aliphatic rings. The summed E-state index contributed by atoms with van der Waals surface area (Å²) in [5, 5.41) is 36.7. The van der Waals surface area contributed by atoms with E-state index >= 15 is 0 Å². The molecule has 0 saturated heterocycles. The lowest BCUT2D eigenvalue weighted by molar-refractivity contribution is -0.392. The Bertz CT molecular complexity index is 870. The largest absolute Gasteiger partial charge is 0.416 e. The van der Waals surface area contributed by atoms with Crippen LogP contribution in [0.1, 0.15) is 51.0 Å². The molecule has 1 aromatic rings. The molecule has 3 unspecified atom stereocenters. The summed E-state index contributed by atoms with van der Waals surface area (Å²) in [6.45, 7) is 1.74. The summed E-state index contributed by atoms with van der Waals surface area (Å²) in [4.78, 5) is 20.9. The summed E-state index contributed by atoms with van der Waals surface area (Å²) in [6, 6.07) is 0.161. The summed E-state index contributed by atoms with van der Waals surface area (Å²) < 4.78 is 39.4. The van der Waals surface area contributed by atoms with Crippen molar-refractivity contribution in [1.82, 2.24) is 0 Å². The molecule has 30 heavy (non-hydrogen) atoms. The van der Waals surface area contributed by atoms with Gasteiger partial charge in [-0.05, 0) is 62.7 Å². The molecule has 11 heteroatoms. The smallest absolute Gasteiger partial charge is 0.390 e. The second-order valence-electron chi connectivity index (χ2n) is 9.32. The fourth-order valence-electron chi connectivity index (χ4n) is 6.37. The van der Waals surface area contributed by atoms with Crippen molar-refractivity contribution in [1.29, 1.82) is 0 Å². The van der Waals surface area contributed by atoms with Crippen LogP contribution in [0.2, 0.25) is 0 Å². The average Bonchev–Trinajstić information content (AvgIpc) is 2.58. The van der Waals surface area contributed by atoms with Crippen molar-refractivity contribution in [2.24, 2.45) is 17.3 Å². The molecule has 4 bridgehead atoms. The fraction of sp³-hybridized carbons (Fsp3) is 0.684. The Kier molecular flexibility index (Phi) is 4.53. The monoisotopic (exact) mass is 429 g/mol. The van der Waals surface area contributed by atoms with Crippen molar-refractivity contribution >= 4 is 17.1 Å². The third kappa shape index (κ3) is 3.38. The lowest BCUT2D eigenvalue weighted by atomic mass is 9.46. The van der Waals surface area contributed by atoms with Gasteiger partial charge in [0.05, 0.1) is 21.0 Å². The van der Waals surface area contributed by atoms with Crippen LogP contribution >= 0.6 is 0 Å². The SMILES string of the molecule is CC(Nc1c([N+](=O)[O-])cc(C(F)(F)F)cc1[N+](=O)[O-])C12C[C@@H]3C[C@@H](CC(O)(C3)C1)C2. The number of nitrogens with zero attached hydrogens (tertiary/aromatic N) is 2. The van der Waals surface area contributed by atoms with Gasteiger partial charge in [0.15, 0.2) is 5.69 Å². The van der Waals surface area contributed by atoms with Gasteiger partial charge in [-0.1, -0.05) is 0 Å². The van der Waals surface area contributed by atoms with Gasteiger partial charge in [-0.2, -0.15) is 13.2 Å². The first-order valence-corrected chi connectivity index (χ1v) is 9.85. The van der Waals surface area contributed by atoms with Crippen molar-refractivity contribution in [2.75, 3.05) is 5.32 Å². The number of hydrogen-bond donors (Lipinski definition) is 2. The van der Waals surface area contributed by atoms with Crippen molar-refractivity contribution in [3.63, 3.8) is 0 Å². The van der Waals surface area contributed by atoms with E-state index in [4.69, 9.17) is 0 Å². The molecule has 0 heterocycles. The zero-order valence-corrected chi connectivity index (χ0v) is 16.2. The van der Waals surface area contributed by atoms with Crippen LogP contribution in [0, 0.1) is 37.5 Å². The highest BCUT2D eigenvalue weighted by atomic mass is 19.4. The number of nitro groups is 2.